The Bertz CT molecular complexity index is 1390. The van der Waals surface area contributed by atoms with Gasteiger partial charge >= 0.3 is 0 Å². The number of hydrogen-bond donors (Lipinski definition) is 1. The first-order valence-corrected chi connectivity index (χ1v) is 12.9. The average molecular weight is 504 g/mol. The second-order valence-corrected chi connectivity index (χ2v) is 9.26. The minimum absolute atomic E-state index is 0.00208. The van der Waals surface area contributed by atoms with Gasteiger partial charge in [0.25, 0.3) is 5.56 Å². The van der Waals surface area contributed by atoms with Gasteiger partial charge in [-0.05, 0) is 50.6 Å². The van der Waals surface area contributed by atoms with Gasteiger partial charge in [-0.25, -0.2) is 9.36 Å². The number of fused-ring (bicyclic) bond motifs is 1. The maximum atomic E-state index is 13.6. The fourth-order valence-corrected chi connectivity index (χ4v) is 4.71. The zero-order chi connectivity index (χ0) is 25.6. The van der Waals surface area contributed by atoms with Crippen LogP contribution in [0.4, 0.5) is 0 Å². The summed E-state index contributed by atoms with van der Waals surface area (Å²) in [5.41, 5.74) is 1.90. The maximum Gasteiger partial charge on any atom is 0.280 e. The van der Waals surface area contributed by atoms with Crippen molar-refractivity contribution in [3.05, 3.63) is 70.9 Å². The number of carbonyl (C=O) groups is 1. The lowest BCUT2D eigenvalue weighted by Crippen LogP contribution is -2.38. The van der Waals surface area contributed by atoms with Crippen LogP contribution in [0.15, 0.2) is 59.7 Å². The second-order valence-electron chi connectivity index (χ2n) is 9.26. The molecular formula is C27H33N7O3. The summed E-state index contributed by atoms with van der Waals surface area (Å²) in [5, 5.41) is 12.8. The fraction of sp³-hybridized carbons (Fsp3) is 0.407. The van der Waals surface area contributed by atoms with E-state index in [0.717, 1.165) is 45.0 Å². The molecule has 10 heteroatoms. The highest BCUT2D eigenvalue weighted by Crippen LogP contribution is 2.24. The highest BCUT2D eigenvalue weighted by molar-refractivity contribution is 5.87. The van der Waals surface area contributed by atoms with Crippen LogP contribution in [-0.2, 0) is 16.1 Å². The molecule has 10 nitrogen and oxygen atoms in total. The smallest absolute Gasteiger partial charge is 0.280 e. The summed E-state index contributed by atoms with van der Waals surface area (Å²) in [5.74, 6) is 0.672. The Morgan fingerprint density at radius 1 is 1.00 bits per heavy atom. The Balaban J connectivity index is 1.28. The number of nitrogens with one attached hydrogen (secondary N) is 1. The van der Waals surface area contributed by atoms with E-state index < -0.39 is 0 Å². The molecule has 194 valence electrons. The lowest BCUT2D eigenvalue weighted by molar-refractivity contribution is -0.121. The summed E-state index contributed by atoms with van der Waals surface area (Å²) in [7, 11) is 0. The molecule has 4 heterocycles. The Hall–Kier alpha value is -3.76. The number of aryl methyl sites for hydroxylation is 2. The number of hydrogen-bond acceptors (Lipinski definition) is 6. The molecule has 1 aliphatic rings. The predicted molar refractivity (Wildman–Crippen MR) is 141 cm³/mol. The van der Waals surface area contributed by atoms with Gasteiger partial charge in [0, 0.05) is 45.0 Å². The van der Waals surface area contributed by atoms with Crippen molar-refractivity contribution in [1.82, 2.24) is 34.3 Å². The van der Waals surface area contributed by atoms with Gasteiger partial charge in [-0.3, -0.25) is 14.5 Å². The summed E-state index contributed by atoms with van der Waals surface area (Å²) in [6, 6.07) is 13.6. The topological polar surface area (TPSA) is 99.2 Å². The second kappa shape index (κ2) is 11.5. The summed E-state index contributed by atoms with van der Waals surface area (Å²) in [6.45, 7) is 7.31. The van der Waals surface area contributed by atoms with Crippen molar-refractivity contribution >= 4 is 16.8 Å². The standard InChI is InChI=1S/C27H33N7O3/c1-21-25-24(26(32-14-5-6-15-32)34(30-25)22-9-3-2-4-10-22)27(36)33(29-21)16-7-11-23(35)28-12-8-13-31-17-19-37-20-18-31/h2-6,9-10,14-15H,7-8,11-13,16-20H2,1H3,(H,28,35). The summed E-state index contributed by atoms with van der Waals surface area (Å²) in [4.78, 5) is 28.3. The van der Waals surface area contributed by atoms with Crippen LogP contribution in [0.5, 0.6) is 0 Å². The average Bonchev–Trinajstić information content (AvgIpc) is 3.59. The normalized spacial score (nSPS) is 14.3. The Morgan fingerprint density at radius 3 is 2.51 bits per heavy atom. The van der Waals surface area contributed by atoms with E-state index in [1.165, 1.54) is 4.68 Å². The predicted octanol–water partition coefficient (Wildman–Crippen LogP) is 2.30. The molecule has 1 N–H and O–H groups in total. The molecule has 0 radical (unpaired) electrons. The molecule has 4 aromatic rings. The van der Waals surface area contributed by atoms with E-state index in [0.29, 0.717) is 48.3 Å². The Morgan fingerprint density at radius 2 is 1.76 bits per heavy atom. The van der Waals surface area contributed by atoms with Crippen LogP contribution in [0.1, 0.15) is 25.0 Å². The fourth-order valence-electron chi connectivity index (χ4n) is 4.71. The van der Waals surface area contributed by atoms with Gasteiger partial charge in [0.05, 0.1) is 24.6 Å². The number of benzene rings is 1. The van der Waals surface area contributed by atoms with E-state index in [1.54, 1.807) is 4.68 Å². The highest BCUT2D eigenvalue weighted by atomic mass is 16.5. The quantitative estimate of drug-likeness (QED) is 0.334. The van der Waals surface area contributed by atoms with Crippen molar-refractivity contribution in [2.45, 2.75) is 32.7 Å². The van der Waals surface area contributed by atoms with Crippen molar-refractivity contribution in [2.24, 2.45) is 0 Å². The Labute approximate surface area is 215 Å². The molecule has 0 unspecified atom stereocenters. The third-order valence-electron chi connectivity index (χ3n) is 6.62. The molecule has 3 aromatic heterocycles. The molecule has 5 rings (SSSR count). The van der Waals surface area contributed by atoms with Gasteiger partial charge < -0.3 is 14.6 Å². The van der Waals surface area contributed by atoms with Gasteiger partial charge in [0.1, 0.15) is 10.9 Å². The first kappa shape index (κ1) is 24.9. The van der Waals surface area contributed by atoms with Crippen LogP contribution in [0, 0.1) is 6.92 Å². The van der Waals surface area contributed by atoms with Crippen LogP contribution in [-0.4, -0.2) is 74.3 Å². The SMILES string of the molecule is Cc1nn(CCCC(=O)NCCCN2CCOCC2)c(=O)c2c(-n3cccc3)n(-c3ccccc3)nc12. The lowest BCUT2D eigenvalue weighted by atomic mass is 10.2. The number of ether oxygens (including phenoxy) is 1. The van der Waals surface area contributed by atoms with Crippen molar-refractivity contribution < 1.29 is 9.53 Å². The summed E-state index contributed by atoms with van der Waals surface area (Å²) >= 11 is 0. The van der Waals surface area contributed by atoms with Gasteiger partial charge in [-0.2, -0.15) is 10.2 Å². The van der Waals surface area contributed by atoms with Crippen LogP contribution in [0.2, 0.25) is 0 Å². The number of rotatable bonds is 10. The number of amides is 1. The van der Waals surface area contributed by atoms with E-state index in [2.05, 4.69) is 15.3 Å². The highest BCUT2D eigenvalue weighted by Gasteiger charge is 2.21. The summed E-state index contributed by atoms with van der Waals surface area (Å²) < 4.78 is 10.5. The Kier molecular flexibility index (Phi) is 7.76. The largest absolute Gasteiger partial charge is 0.379 e. The molecule has 1 saturated heterocycles. The molecule has 1 aliphatic heterocycles. The van der Waals surface area contributed by atoms with Crippen molar-refractivity contribution in [2.75, 3.05) is 39.4 Å². The molecule has 0 aliphatic carbocycles. The minimum Gasteiger partial charge on any atom is -0.379 e. The first-order chi connectivity index (χ1) is 18.1. The third kappa shape index (κ3) is 5.65. The van der Waals surface area contributed by atoms with Crippen molar-refractivity contribution in [3.8, 4) is 11.5 Å². The van der Waals surface area contributed by atoms with Gasteiger partial charge in [0.15, 0.2) is 5.82 Å². The lowest BCUT2D eigenvalue weighted by Gasteiger charge is -2.26. The van der Waals surface area contributed by atoms with Crippen molar-refractivity contribution in [1.29, 1.82) is 0 Å². The number of carbonyl (C=O) groups excluding carboxylic acids is 1. The number of nitrogens with zero attached hydrogens (tertiary/aromatic N) is 6. The minimum atomic E-state index is -0.211. The maximum absolute atomic E-state index is 13.6. The molecular weight excluding hydrogens is 470 g/mol. The van der Waals surface area contributed by atoms with E-state index in [1.807, 2.05) is 66.3 Å². The first-order valence-electron chi connectivity index (χ1n) is 12.9. The van der Waals surface area contributed by atoms with Crippen LogP contribution >= 0.6 is 0 Å². The number of para-hydroxylation sites is 1. The van der Waals surface area contributed by atoms with E-state index in [9.17, 15) is 9.59 Å². The molecule has 1 aromatic carbocycles. The third-order valence-corrected chi connectivity index (χ3v) is 6.62. The van der Waals surface area contributed by atoms with E-state index in [-0.39, 0.29) is 11.5 Å². The van der Waals surface area contributed by atoms with E-state index >= 15 is 0 Å². The van der Waals surface area contributed by atoms with E-state index in [4.69, 9.17) is 9.84 Å². The van der Waals surface area contributed by atoms with Gasteiger partial charge in [-0.15, -0.1) is 0 Å². The molecule has 0 bridgehead atoms. The number of morpholine rings is 1. The molecule has 1 amide bonds. The molecule has 1 fully saturated rings. The monoisotopic (exact) mass is 503 g/mol. The zero-order valence-corrected chi connectivity index (χ0v) is 21.2. The van der Waals surface area contributed by atoms with Crippen LogP contribution in [0.25, 0.3) is 22.4 Å². The number of aromatic nitrogens is 5. The molecule has 0 atom stereocenters. The van der Waals surface area contributed by atoms with Crippen LogP contribution < -0.4 is 10.9 Å². The molecule has 0 saturated carbocycles. The summed E-state index contributed by atoms with van der Waals surface area (Å²) in [6.07, 6.45) is 5.59. The van der Waals surface area contributed by atoms with Gasteiger partial charge in [0.2, 0.25) is 5.91 Å². The van der Waals surface area contributed by atoms with Crippen LogP contribution in [0.3, 0.4) is 0 Å². The molecule has 0 spiro atoms. The van der Waals surface area contributed by atoms with Crippen molar-refractivity contribution in [3.63, 3.8) is 0 Å². The zero-order valence-electron chi connectivity index (χ0n) is 21.2. The molecule has 37 heavy (non-hydrogen) atoms. The van der Waals surface area contributed by atoms with Gasteiger partial charge in [-0.1, -0.05) is 18.2 Å².